The number of thioether (sulfide) groups is 1. The minimum atomic E-state index is -1.19. The molecule has 9 heteroatoms. The third-order valence-corrected chi connectivity index (χ3v) is 5.47. The number of carbonyl (C=O) groups is 1. The van der Waals surface area contributed by atoms with E-state index in [0.29, 0.717) is 18.7 Å². The Balaban J connectivity index is 2.72. The molecule has 2 aromatic rings. The van der Waals surface area contributed by atoms with Gasteiger partial charge in [-0.05, 0) is 12.3 Å². The van der Waals surface area contributed by atoms with Crippen LogP contribution in [-0.2, 0) is 25.3 Å². The monoisotopic (exact) mass is 393 g/mol. The van der Waals surface area contributed by atoms with Crippen LogP contribution in [0.4, 0.5) is 0 Å². The van der Waals surface area contributed by atoms with Crippen molar-refractivity contribution in [1.29, 1.82) is 0 Å². The summed E-state index contributed by atoms with van der Waals surface area (Å²) >= 11 is 1.00. The maximum Gasteiger partial charge on any atom is 0.332 e. The number of fused-ring (bicyclic) bond motifs is 1. The number of rotatable bonds is 8. The van der Waals surface area contributed by atoms with Crippen LogP contribution in [0.2, 0.25) is 0 Å². The number of aliphatic carboxylic acids is 1. The Morgan fingerprint density at radius 1 is 1.19 bits per heavy atom. The molecule has 0 fully saturated rings. The van der Waals surface area contributed by atoms with Crippen molar-refractivity contribution < 1.29 is 9.90 Å². The van der Waals surface area contributed by atoms with E-state index in [1.54, 1.807) is 0 Å². The Labute approximate surface area is 161 Å². The van der Waals surface area contributed by atoms with Crippen LogP contribution in [0.5, 0.6) is 0 Å². The fourth-order valence-electron chi connectivity index (χ4n) is 2.76. The normalized spacial score (nSPS) is 12.7. The second kappa shape index (κ2) is 8.69. The third kappa shape index (κ3) is 4.58. The zero-order chi connectivity index (χ0) is 20.3. The van der Waals surface area contributed by atoms with Gasteiger partial charge >= 0.3 is 5.69 Å². The highest BCUT2D eigenvalue weighted by atomic mass is 32.2. The number of hydrogen-bond donors (Lipinski definition) is 0. The van der Waals surface area contributed by atoms with Crippen molar-refractivity contribution in [2.24, 2.45) is 20.0 Å². The number of carbonyl (C=O) groups excluding carboxylic acids is 1. The fourth-order valence-corrected chi connectivity index (χ4v) is 3.87. The number of unbranched alkanes of at least 4 members (excludes halogenated alkanes) is 1. The van der Waals surface area contributed by atoms with Crippen LogP contribution in [0.15, 0.2) is 14.6 Å². The van der Waals surface area contributed by atoms with E-state index in [4.69, 9.17) is 0 Å². The highest BCUT2D eigenvalue weighted by molar-refractivity contribution is 8.00. The first-order valence-electron chi connectivity index (χ1n) is 9.01. The van der Waals surface area contributed by atoms with Gasteiger partial charge < -0.3 is 9.90 Å². The fraction of sp³-hybridized carbons (Fsp3) is 0.611. The molecule has 0 unspecified atom stereocenters. The minimum Gasteiger partial charge on any atom is -0.549 e. The quantitative estimate of drug-likeness (QED) is 0.478. The molecule has 0 saturated heterocycles. The van der Waals surface area contributed by atoms with E-state index in [-0.39, 0.29) is 22.0 Å². The summed E-state index contributed by atoms with van der Waals surface area (Å²) in [5.74, 6) is -0.441. The minimum absolute atomic E-state index is 0.167. The smallest absolute Gasteiger partial charge is 0.332 e. The zero-order valence-electron chi connectivity index (χ0n) is 16.3. The van der Waals surface area contributed by atoms with Crippen LogP contribution in [0.1, 0.15) is 45.9 Å². The molecule has 0 saturated carbocycles. The molecule has 0 aromatic carbocycles. The summed E-state index contributed by atoms with van der Waals surface area (Å²) in [5, 5.41) is 11.2. The molecular weight excluding hydrogens is 368 g/mol. The van der Waals surface area contributed by atoms with Gasteiger partial charge in [-0.15, -0.1) is 0 Å². The predicted octanol–water partition coefficient (Wildman–Crippen LogP) is 0.627. The molecule has 27 heavy (non-hydrogen) atoms. The summed E-state index contributed by atoms with van der Waals surface area (Å²) in [6, 6.07) is 0. The molecule has 0 N–H and O–H groups in total. The van der Waals surface area contributed by atoms with Gasteiger partial charge in [0.05, 0.1) is 11.2 Å². The van der Waals surface area contributed by atoms with Gasteiger partial charge in [0.2, 0.25) is 0 Å². The molecule has 2 rings (SSSR count). The predicted molar refractivity (Wildman–Crippen MR) is 103 cm³/mol. The van der Waals surface area contributed by atoms with Crippen LogP contribution in [0, 0.1) is 5.92 Å². The van der Waals surface area contributed by atoms with Crippen molar-refractivity contribution in [3.63, 3.8) is 0 Å². The average molecular weight is 393 g/mol. The highest BCUT2D eigenvalue weighted by Gasteiger charge is 2.21. The Kier molecular flexibility index (Phi) is 6.80. The van der Waals surface area contributed by atoms with Crippen molar-refractivity contribution in [3.8, 4) is 0 Å². The number of carboxylic acid groups (broad SMARTS) is 1. The van der Waals surface area contributed by atoms with Crippen molar-refractivity contribution in [3.05, 3.63) is 26.7 Å². The van der Waals surface area contributed by atoms with Gasteiger partial charge in [-0.2, -0.15) is 0 Å². The summed E-state index contributed by atoms with van der Waals surface area (Å²) < 4.78 is 2.28. The lowest BCUT2D eigenvalue weighted by Crippen LogP contribution is -2.38. The topological polar surface area (TPSA) is 110 Å². The molecular formula is C18H25N4O4S-. The number of aromatic nitrogens is 4. The number of hydrogen-bond acceptors (Lipinski definition) is 7. The Hall–Kier alpha value is -2.16. The van der Waals surface area contributed by atoms with Crippen molar-refractivity contribution >= 4 is 28.8 Å². The molecule has 0 spiro atoms. The van der Waals surface area contributed by atoms with Crippen molar-refractivity contribution in [2.75, 3.05) is 0 Å². The first-order valence-corrected chi connectivity index (χ1v) is 9.89. The van der Waals surface area contributed by atoms with Gasteiger partial charge in [0.15, 0.2) is 5.65 Å². The molecule has 0 amide bonds. The first kappa shape index (κ1) is 21.1. The van der Waals surface area contributed by atoms with E-state index in [1.165, 1.54) is 18.7 Å². The van der Waals surface area contributed by atoms with Crippen molar-refractivity contribution in [1.82, 2.24) is 19.1 Å². The maximum atomic E-state index is 12.7. The van der Waals surface area contributed by atoms with E-state index < -0.39 is 22.5 Å². The summed E-state index contributed by atoms with van der Waals surface area (Å²) in [6.45, 7) is 5.99. The highest BCUT2D eigenvalue weighted by Crippen LogP contribution is 2.29. The van der Waals surface area contributed by atoms with Gasteiger partial charge in [0.1, 0.15) is 16.2 Å². The van der Waals surface area contributed by atoms with Gasteiger partial charge in [-0.25, -0.2) is 14.8 Å². The molecule has 0 aliphatic heterocycles. The standard InChI is InChI=1S/C18H26N4O4S/c1-6-7-8-11(17(24)25)27-15-13-14(19-12(20-15)9-10(2)3)21(4)18(26)22(5)16(13)23/h10-11H,6-9H2,1-5H3,(H,24,25)/p-1/t11-/m0/s1. The van der Waals surface area contributed by atoms with Crippen LogP contribution < -0.4 is 16.4 Å². The first-order chi connectivity index (χ1) is 12.7. The number of nitrogens with zero attached hydrogens (tertiary/aromatic N) is 4. The molecule has 148 valence electrons. The number of carboxylic acids is 1. The largest absolute Gasteiger partial charge is 0.549 e. The van der Waals surface area contributed by atoms with Crippen molar-refractivity contribution in [2.45, 2.75) is 56.7 Å². The van der Waals surface area contributed by atoms with Gasteiger partial charge in [-0.3, -0.25) is 13.9 Å². The lowest BCUT2D eigenvalue weighted by Gasteiger charge is -2.19. The van der Waals surface area contributed by atoms with Crippen LogP contribution in [-0.4, -0.2) is 30.3 Å². The van der Waals surface area contributed by atoms with E-state index in [1.807, 2.05) is 20.8 Å². The molecule has 0 bridgehead atoms. The lowest BCUT2D eigenvalue weighted by atomic mass is 10.1. The van der Waals surface area contributed by atoms with Crippen LogP contribution in [0.25, 0.3) is 11.0 Å². The Morgan fingerprint density at radius 3 is 2.41 bits per heavy atom. The summed E-state index contributed by atoms with van der Waals surface area (Å²) in [5.41, 5.74) is -0.789. The summed E-state index contributed by atoms with van der Waals surface area (Å²) in [4.78, 5) is 45.4. The van der Waals surface area contributed by atoms with Gasteiger partial charge in [0, 0.05) is 20.5 Å². The second-order valence-electron chi connectivity index (χ2n) is 7.02. The Morgan fingerprint density at radius 2 is 1.85 bits per heavy atom. The zero-order valence-corrected chi connectivity index (χ0v) is 17.1. The van der Waals surface area contributed by atoms with E-state index >= 15 is 0 Å². The summed E-state index contributed by atoms with van der Waals surface area (Å²) in [7, 11) is 2.92. The SMILES string of the molecule is CCCC[C@H](Sc1nc(CC(C)C)nc2c1c(=O)n(C)c(=O)n2C)C(=O)[O-]. The van der Waals surface area contributed by atoms with Crippen LogP contribution in [0.3, 0.4) is 0 Å². The number of aryl methyl sites for hydroxylation is 1. The second-order valence-corrected chi connectivity index (χ2v) is 8.21. The van der Waals surface area contributed by atoms with Crippen LogP contribution >= 0.6 is 11.8 Å². The molecule has 0 radical (unpaired) electrons. The summed E-state index contributed by atoms with van der Waals surface area (Å²) in [6.07, 6.45) is 2.55. The molecule has 1 atom stereocenters. The molecule has 2 aromatic heterocycles. The van der Waals surface area contributed by atoms with E-state index in [0.717, 1.165) is 29.2 Å². The van der Waals surface area contributed by atoms with E-state index in [9.17, 15) is 19.5 Å². The third-order valence-electron chi connectivity index (χ3n) is 4.24. The van der Waals surface area contributed by atoms with Gasteiger partial charge in [0.25, 0.3) is 5.56 Å². The molecule has 8 nitrogen and oxygen atoms in total. The molecule has 2 heterocycles. The Bertz CT molecular complexity index is 964. The molecule has 0 aliphatic rings. The van der Waals surface area contributed by atoms with E-state index in [2.05, 4.69) is 9.97 Å². The van der Waals surface area contributed by atoms with Gasteiger partial charge in [-0.1, -0.05) is 45.4 Å². The molecule has 0 aliphatic carbocycles. The lowest BCUT2D eigenvalue weighted by molar-refractivity contribution is -0.304. The average Bonchev–Trinajstić information content (AvgIpc) is 2.60. The maximum absolute atomic E-state index is 12.7.